The molecular formula is C17H20N2O2S. The highest BCUT2D eigenvalue weighted by atomic mass is 32.2. The highest BCUT2D eigenvalue weighted by Gasteiger charge is 2.25. The maximum atomic E-state index is 11.8. The van der Waals surface area contributed by atoms with Crippen molar-refractivity contribution in [1.82, 2.24) is 5.32 Å². The fourth-order valence-corrected chi connectivity index (χ4v) is 4.40. The molecule has 0 fully saturated rings. The van der Waals surface area contributed by atoms with Gasteiger partial charge in [-0.3, -0.25) is 0 Å². The van der Waals surface area contributed by atoms with E-state index in [4.69, 9.17) is 0 Å². The fourth-order valence-electron chi connectivity index (χ4n) is 2.86. The number of hydrogen-bond donors (Lipinski definition) is 2. The quantitative estimate of drug-likeness (QED) is 0.889. The van der Waals surface area contributed by atoms with Crippen molar-refractivity contribution in [2.45, 2.75) is 24.4 Å². The van der Waals surface area contributed by atoms with Crippen LogP contribution >= 0.6 is 0 Å². The lowest BCUT2D eigenvalue weighted by Crippen LogP contribution is -2.14. The monoisotopic (exact) mass is 316 g/mol. The summed E-state index contributed by atoms with van der Waals surface area (Å²) >= 11 is 0. The molecule has 0 aromatic heterocycles. The summed E-state index contributed by atoms with van der Waals surface area (Å²) in [4.78, 5) is 0.511. The first-order valence-electron chi connectivity index (χ1n) is 7.41. The topological polar surface area (TPSA) is 58.2 Å². The van der Waals surface area contributed by atoms with Crippen LogP contribution in [0.15, 0.2) is 47.4 Å². The van der Waals surface area contributed by atoms with Gasteiger partial charge in [-0.1, -0.05) is 30.3 Å². The van der Waals surface area contributed by atoms with Crippen LogP contribution in [0.5, 0.6) is 0 Å². The summed E-state index contributed by atoms with van der Waals surface area (Å²) in [5.41, 5.74) is 4.41. The van der Waals surface area contributed by atoms with Gasteiger partial charge in [-0.05, 0) is 35.2 Å². The van der Waals surface area contributed by atoms with Crippen molar-refractivity contribution in [2.75, 3.05) is 18.1 Å². The van der Waals surface area contributed by atoms with Gasteiger partial charge >= 0.3 is 0 Å². The molecule has 2 aromatic rings. The molecule has 0 bridgehead atoms. The van der Waals surface area contributed by atoms with E-state index < -0.39 is 9.84 Å². The van der Waals surface area contributed by atoms with Crippen LogP contribution in [-0.2, 0) is 29.3 Å². The zero-order chi connectivity index (χ0) is 15.6. The molecule has 1 heterocycles. The highest BCUT2D eigenvalue weighted by molar-refractivity contribution is 7.91. The minimum atomic E-state index is -3.02. The number of fused-ring (bicyclic) bond motifs is 1. The van der Waals surface area contributed by atoms with E-state index in [9.17, 15) is 8.42 Å². The normalized spacial score (nSPS) is 15.5. The van der Waals surface area contributed by atoms with Gasteiger partial charge in [0.25, 0.3) is 0 Å². The Morgan fingerprint density at radius 3 is 2.73 bits per heavy atom. The molecule has 0 unspecified atom stereocenters. The molecule has 22 heavy (non-hydrogen) atoms. The van der Waals surface area contributed by atoms with E-state index in [2.05, 4.69) is 22.8 Å². The molecule has 0 radical (unpaired) electrons. The molecule has 2 N–H and O–H groups in total. The van der Waals surface area contributed by atoms with Gasteiger partial charge in [0.2, 0.25) is 0 Å². The second-order valence-electron chi connectivity index (χ2n) is 5.52. The van der Waals surface area contributed by atoms with Gasteiger partial charge in [-0.2, -0.15) is 0 Å². The van der Waals surface area contributed by atoms with Crippen molar-refractivity contribution in [1.29, 1.82) is 0 Å². The maximum absolute atomic E-state index is 11.8. The number of para-hydroxylation sites is 1. The van der Waals surface area contributed by atoms with Gasteiger partial charge in [0.15, 0.2) is 9.84 Å². The van der Waals surface area contributed by atoms with Crippen LogP contribution < -0.4 is 10.6 Å². The van der Waals surface area contributed by atoms with Crippen LogP contribution in [0.25, 0.3) is 0 Å². The average Bonchev–Trinajstić information content (AvgIpc) is 2.83. The van der Waals surface area contributed by atoms with Gasteiger partial charge in [0.05, 0.1) is 10.6 Å². The number of nitrogens with one attached hydrogen (secondary N) is 2. The highest BCUT2D eigenvalue weighted by Crippen LogP contribution is 2.26. The fraction of sp³-hybridized carbons (Fsp3) is 0.294. The smallest absolute Gasteiger partial charge is 0.178 e. The van der Waals surface area contributed by atoms with Crippen molar-refractivity contribution in [3.63, 3.8) is 0 Å². The molecule has 3 rings (SSSR count). The van der Waals surface area contributed by atoms with E-state index in [-0.39, 0.29) is 5.75 Å². The van der Waals surface area contributed by atoms with E-state index in [1.807, 2.05) is 31.3 Å². The number of hydrogen-bond acceptors (Lipinski definition) is 4. The van der Waals surface area contributed by atoms with Crippen molar-refractivity contribution < 1.29 is 8.42 Å². The summed E-state index contributed by atoms with van der Waals surface area (Å²) in [6.07, 6.45) is 0.633. The van der Waals surface area contributed by atoms with Crippen LogP contribution in [0.3, 0.4) is 0 Å². The zero-order valence-electron chi connectivity index (χ0n) is 12.6. The lowest BCUT2D eigenvalue weighted by molar-refractivity contribution is 0.600. The standard InChI is InChI=1S/C17H20N2O2S/c1-18-16-5-3-2-4-15(16)12-19-11-13-6-7-17-14(10-13)8-9-22(17,20)21/h2-7,10,18-19H,8-9,11-12H2,1H3. The maximum Gasteiger partial charge on any atom is 0.178 e. The number of benzene rings is 2. The zero-order valence-corrected chi connectivity index (χ0v) is 13.4. The summed E-state index contributed by atoms with van der Waals surface area (Å²) < 4.78 is 23.6. The summed E-state index contributed by atoms with van der Waals surface area (Å²) in [7, 11) is -1.11. The molecule has 2 aromatic carbocycles. The van der Waals surface area contributed by atoms with E-state index >= 15 is 0 Å². The number of rotatable bonds is 5. The summed E-state index contributed by atoms with van der Waals surface area (Å²) in [5.74, 6) is 0.245. The third-order valence-electron chi connectivity index (χ3n) is 4.03. The van der Waals surface area contributed by atoms with Crippen LogP contribution in [0.4, 0.5) is 5.69 Å². The summed E-state index contributed by atoms with van der Waals surface area (Å²) in [6.45, 7) is 1.50. The van der Waals surface area contributed by atoms with Crippen LogP contribution in [0, 0.1) is 0 Å². The average molecular weight is 316 g/mol. The number of aryl methyl sites for hydroxylation is 1. The second-order valence-corrected chi connectivity index (χ2v) is 7.60. The second kappa shape index (κ2) is 6.10. The molecule has 5 heteroatoms. The van der Waals surface area contributed by atoms with Crippen molar-refractivity contribution in [3.05, 3.63) is 59.2 Å². The Morgan fingerprint density at radius 1 is 1.09 bits per heavy atom. The van der Waals surface area contributed by atoms with Gasteiger partial charge in [-0.25, -0.2) is 8.42 Å². The van der Waals surface area contributed by atoms with E-state index in [1.54, 1.807) is 6.07 Å². The Bertz CT molecular complexity index is 785. The molecule has 0 saturated heterocycles. The van der Waals surface area contributed by atoms with Crippen LogP contribution in [0.1, 0.15) is 16.7 Å². The predicted molar refractivity (Wildman–Crippen MR) is 88.7 cm³/mol. The SMILES string of the molecule is CNc1ccccc1CNCc1ccc2c(c1)CCS2(=O)=O. The Morgan fingerprint density at radius 2 is 1.91 bits per heavy atom. The molecule has 1 aliphatic rings. The molecule has 0 aliphatic carbocycles. The lowest BCUT2D eigenvalue weighted by atomic mass is 10.1. The van der Waals surface area contributed by atoms with Crippen molar-refractivity contribution in [2.24, 2.45) is 0 Å². The summed E-state index contributed by atoms with van der Waals surface area (Å²) in [6, 6.07) is 13.8. The Kier molecular flexibility index (Phi) is 4.18. The number of anilines is 1. The first kappa shape index (κ1) is 15.1. The van der Waals surface area contributed by atoms with Crippen LogP contribution in [0.2, 0.25) is 0 Å². The van der Waals surface area contributed by atoms with Gasteiger partial charge in [0, 0.05) is 25.8 Å². The van der Waals surface area contributed by atoms with E-state index in [1.165, 1.54) is 5.56 Å². The van der Waals surface area contributed by atoms with Gasteiger partial charge < -0.3 is 10.6 Å². The Labute approximate surface area is 131 Å². The molecule has 0 atom stereocenters. The van der Waals surface area contributed by atoms with Gasteiger partial charge in [-0.15, -0.1) is 0 Å². The summed E-state index contributed by atoms with van der Waals surface area (Å²) in [5, 5.41) is 6.60. The Hall–Kier alpha value is -1.85. The van der Waals surface area contributed by atoms with Gasteiger partial charge in [0.1, 0.15) is 0 Å². The molecule has 0 amide bonds. The third-order valence-corrected chi connectivity index (χ3v) is 5.84. The molecule has 0 saturated carbocycles. The lowest BCUT2D eigenvalue weighted by Gasteiger charge is -2.10. The van der Waals surface area contributed by atoms with Crippen LogP contribution in [-0.4, -0.2) is 21.2 Å². The molecule has 0 spiro atoms. The Balaban J connectivity index is 1.66. The van der Waals surface area contributed by atoms with E-state index in [0.29, 0.717) is 11.3 Å². The molecule has 1 aliphatic heterocycles. The molecule has 116 valence electrons. The number of sulfone groups is 1. The minimum Gasteiger partial charge on any atom is -0.388 e. The third kappa shape index (κ3) is 3.00. The first-order valence-corrected chi connectivity index (χ1v) is 9.06. The van der Waals surface area contributed by atoms with Crippen molar-refractivity contribution >= 4 is 15.5 Å². The van der Waals surface area contributed by atoms with Crippen molar-refractivity contribution in [3.8, 4) is 0 Å². The van der Waals surface area contributed by atoms with E-state index in [0.717, 1.165) is 29.9 Å². The largest absolute Gasteiger partial charge is 0.388 e. The molecular weight excluding hydrogens is 296 g/mol. The minimum absolute atomic E-state index is 0.245. The first-order chi connectivity index (χ1) is 10.6. The predicted octanol–water partition coefficient (Wildman–Crippen LogP) is 2.35. The molecule has 4 nitrogen and oxygen atoms in total.